The Morgan fingerprint density at radius 3 is 2.00 bits per heavy atom. The van der Waals surface area contributed by atoms with E-state index < -0.39 is 11.8 Å². The van der Waals surface area contributed by atoms with Gasteiger partial charge >= 0.3 is 0 Å². The topological polar surface area (TPSA) is 106 Å². The lowest BCUT2D eigenvalue weighted by Gasteiger charge is -2.08. The minimum Gasteiger partial charge on any atom is -0.454 e. The number of hydrogen-bond acceptors (Lipinski definition) is 5. The van der Waals surface area contributed by atoms with Gasteiger partial charge in [-0.15, -0.1) is 0 Å². The third kappa shape index (κ3) is 4.50. The summed E-state index contributed by atoms with van der Waals surface area (Å²) in [6, 6.07) is 11.6. The van der Waals surface area contributed by atoms with E-state index in [-0.39, 0.29) is 19.1 Å². The summed E-state index contributed by atoms with van der Waals surface area (Å²) in [5.41, 5.74) is 1.67. The third-order valence-electron chi connectivity index (χ3n) is 3.47. The Labute approximate surface area is 149 Å². The Morgan fingerprint density at radius 1 is 0.808 bits per heavy atom. The fourth-order valence-corrected chi connectivity index (χ4v) is 2.37. The highest BCUT2D eigenvalue weighted by molar-refractivity contribution is 6.08. The first kappa shape index (κ1) is 17.3. The molecule has 3 rings (SSSR count). The molecule has 8 heteroatoms. The van der Waals surface area contributed by atoms with Crippen molar-refractivity contribution in [1.29, 1.82) is 0 Å². The molecule has 8 nitrogen and oxygen atoms in total. The van der Waals surface area contributed by atoms with Crippen molar-refractivity contribution in [3.63, 3.8) is 0 Å². The van der Waals surface area contributed by atoms with Gasteiger partial charge in [-0.25, -0.2) is 0 Å². The SMILES string of the molecule is CC(=O)Nc1ccc(NC(=O)CC(=O)Nc2ccc3c(c2)OCO3)cc1. The molecule has 0 radical (unpaired) electrons. The van der Waals surface area contributed by atoms with E-state index in [0.717, 1.165) is 0 Å². The molecule has 0 aromatic heterocycles. The van der Waals surface area contributed by atoms with Crippen LogP contribution in [-0.4, -0.2) is 24.5 Å². The van der Waals surface area contributed by atoms with E-state index in [9.17, 15) is 14.4 Å². The first-order valence-corrected chi connectivity index (χ1v) is 7.86. The number of hydrogen-bond donors (Lipinski definition) is 3. The molecule has 0 saturated carbocycles. The molecule has 2 aromatic rings. The van der Waals surface area contributed by atoms with Crippen LogP contribution in [-0.2, 0) is 14.4 Å². The Bertz CT molecular complexity index is 848. The molecule has 0 atom stereocenters. The maximum atomic E-state index is 12.0. The van der Waals surface area contributed by atoms with Crippen molar-refractivity contribution in [3.8, 4) is 11.5 Å². The van der Waals surface area contributed by atoms with E-state index in [1.54, 1.807) is 42.5 Å². The highest BCUT2D eigenvalue weighted by atomic mass is 16.7. The standard InChI is InChI=1S/C18H17N3O5/c1-11(22)19-12-2-4-13(5-3-12)20-17(23)9-18(24)21-14-6-7-15-16(8-14)26-10-25-15/h2-8H,9-10H2,1H3,(H,19,22)(H,20,23)(H,21,24). The number of fused-ring (bicyclic) bond motifs is 1. The van der Waals surface area contributed by atoms with Crippen LogP contribution in [0.4, 0.5) is 17.1 Å². The number of anilines is 3. The second-order valence-corrected chi connectivity index (χ2v) is 5.60. The van der Waals surface area contributed by atoms with Gasteiger partial charge in [0.15, 0.2) is 11.5 Å². The van der Waals surface area contributed by atoms with Gasteiger partial charge in [0.2, 0.25) is 24.5 Å². The van der Waals surface area contributed by atoms with E-state index in [1.807, 2.05) is 0 Å². The van der Waals surface area contributed by atoms with Gasteiger partial charge in [-0.1, -0.05) is 0 Å². The maximum absolute atomic E-state index is 12.0. The fourth-order valence-electron chi connectivity index (χ4n) is 2.37. The molecule has 1 heterocycles. The lowest BCUT2D eigenvalue weighted by Crippen LogP contribution is -2.21. The van der Waals surface area contributed by atoms with Crippen molar-refractivity contribution in [2.45, 2.75) is 13.3 Å². The van der Waals surface area contributed by atoms with Crippen LogP contribution < -0.4 is 25.4 Å². The van der Waals surface area contributed by atoms with Gasteiger partial charge in [0.05, 0.1) is 0 Å². The molecule has 0 bridgehead atoms. The van der Waals surface area contributed by atoms with Crippen molar-refractivity contribution < 1.29 is 23.9 Å². The van der Waals surface area contributed by atoms with E-state index in [4.69, 9.17) is 9.47 Å². The summed E-state index contributed by atoms with van der Waals surface area (Å²) < 4.78 is 10.4. The average Bonchev–Trinajstić information content (AvgIpc) is 3.03. The van der Waals surface area contributed by atoms with Crippen LogP contribution in [0.25, 0.3) is 0 Å². The summed E-state index contributed by atoms with van der Waals surface area (Å²) in [4.78, 5) is 34.9. The largest absolute Gasteiger partial charge is 0.454 e. The predicted molar refractivity (Wildman–Crippen MR) is 95.2 cm³/mol. The van der Waals surface area contributed by atoms with Crippen LogP contribution in [0, 0.1) is 0 Å². The first-order valence-electron chi connectivity index (χ1n) is 7.86. The van der Waals surface area contributed by atoms with Gasteiger partial charge in [-0.2, -0.15) is 0 Å². The molecule has 0 aliphatic carbocycles. The van der Waals surface area contributed by atoms with Crippen LogP contribution in [0.5, 0.6) is 11.5 Å². The summed E-state index contributed by atoms with van der Waals surface area (Å²) in [7, 11) is 0. The zero-order valence-corrected chi connectivity index (χ0v) is 14.0. The predicted octanol–water partition coefficient (Wildman–Crippen LogP) is 2.34. The van der Waals surface area contributed by atoms with Crippen molar-refractivity contribution in [1.82, 2.24) is 0 Å². The molecule has 3 N–H and O–H groups in total. The highest BCUT2D eigenvalue weighted by Crippen LogP contribution is 2.34. The molecule has 26 heavy (non-hydrogen) atoms. The molecule has 1 aliphatic rings. The smallest absolute Gasteiger partial charge is 0.233 e. The molecule has 0 unspecified atom stereocenters. The Hall–Kier alpha value is -3.55. The lowest BCUT2D eigenvalue weighted by molar-refractivity contribution is -0.123. The zero-order valence-electron chi connectivity index (χ0n) is 14.0. The Kier molecular flexibility index (Phi) is 5.02. The number of carbonyl (C=O) groups is 3. The summed E-state index contributed by atoms with van der Waals surface area (Å²) >= 11 is 0. The number of rotatable bonds is 5. The van der Waals surface area contributed by atoms with E-state index in [1.165, 1.54) is 6.92 Å². The maximum Gasteiger partial charge on any atom is 0.233 e. The molecule has 2 aromatic carbocycles. The third-order valence-corrected chi connectivity index (χ3v) is 3.47. The lowest BCUT2D eigenvalue weighted by atomic mass is 10.2. The van der Waals surface area contributed by atoms with Crippen LogP contribution >= 0.6 is 0 Å². The van der Waals surface area contributed by atoms with E-state index in [2.05, 4.69) is 16.0 Å². The van der Waals surface area contributed by atoms with Crippen LogP contribution in [0.15, 0.2) is 42.5 Å². The van der Waals surface area contributed by atoms with Crippen LogP contribution in [0.2, 0.25) is 0 Å². The van der Waals surface area contributed by atoms with Gasteiger partial charge in [0.25, 0.3) is 0 Å². The van der Waals surface area contributed by atoms with Gasteiger partial charge in [-0.3, -0.25) is 14.4 Å². The minimum atomic E-state index is -0.449. The highest BCUT2D eigenvalue weighted by Gasteiger charge is 2.15. The molecule has 0 fully saturated rings. The quantitative estimate of drug-likeness (QED) is 0.714. The summed E-state index contributed by atoms with van der Waals surface area (Å²) in [6.45, 7) is 1.56. The monoisotopic (exact) mass is 355 g/mol. The number of benzene rings is 2. The number of carbonyl (C=O) groups excluding carboxylic acids is 3. The fraction of sp³-hybridized carbons (Fsp3) is 0.167. The Balaban J connectivity index is 1.51. The number of amides is 3. The zero-order chi connectivity index (χ0) is 18.5. The second kappa shape index (κ2) is 7.56. The van der Waals surface area contributed by atoms with E-state index >= 15 is 0 Å². The summed E-state index contributed by atoms with van der Waals surface area (Å²) in [6.07, 6.45) is -0.331. The molecular weight excluding hydrogens is 338 g/mol. The molecule has 1 aliphatic heterocycles. The molecule has 3 amide bonds. The van der Waals surface area contributed by atoms with Gasteiger partial charge < -0.3 is 25.4 Å². The van der Waals surface area contributed by atoms with Crippen molar-refractivity contribution in [3.05, 3.63) is 42.5 Å². The van der Waals surface area contributed by atoms with Gasteiger partial charge in [-0.05, 0) is 36.4 Å². The van der Waals surface area contributed by atoms with Gasteiger partial charge in [0, 0.05) is 30.1 Å². The second-order valence-electron chi connectivity index (χ2n) is 5.60. The van der Waals surface area contributed by atoms with E-state index in [0.29, 0.717) is 28.6 Å². The summed E-state index contributed by atoms with van der Waals surface area (Å²) in [5, 5.41) is 7.89. The first-order chi connectivity index (χ1) is 12.5. The molecular formula is C18H17N3O5. The van der Waals surface area contributed by atoms with Crippen LogP contribution in [0.1, 0.15) is 13.3 Å². The van der Waals surface area contributed by atoms with Gasteiger partial charge in [0.1, 0.15) is 6.42 Å². The minimum absolute atomic E-state index is 0.149. The average molecular weight is 355 g/mol. The van der Waals surface area contributed by atoms with Crippen molar-refractivity contribution in [2.75, 3.05) is 22.7 Å². The van der Waals surface area contributed by atoms with Crippen molar-refractivity contribution >= 4 is 34.8 Å². The summed E-state index contributed by atoms with van der Waals surface area (Å²) in [5.74, 6) is 0.0867. The number of nitrogens with one attached hydrogen (secondary N) is 3. The molecule has 0 spiro atoms. The molecule has 0 saturated heterocycles. The Morgan fingerprint density at radius 2 is 1.35 bits per heavy atom. The van der Waals surface area contributed by atoms with Crippen molar-refractivity contribution in [2.24, 2.45) is 0 Å². The van der Waals surface area contributed by atoms with Crippen LogP contribution in [0.3, 0.4) is 0 Å². The number of ether oxygens (including phenoxy) is 2. The normalized spacial score (nSPS) is 11.6. The molecule has 134 valence electrons.